The smallest absolute Gasteiger partial charge is 0.254 e. The highest BCUT2D eigenvalue weighted by Gasteiger charge is 2.40. The third-order valence-corrected chi connectivity index (χ3v) is 3.73. The van der Waals surface area contributed by atoms with Crippen LogP contribution in [0.25, 0.3) is 0 Å². The maximum atomic E-state index is 12.5. The lowest BCUT2D eigenvalue weighted by molar-refractivity contribution is -0.133. The molecule has 0 saturated carbocycles. The van der Waals surface area contributed by atoms with Crippen LogP contribution >= 0.6 is 11.6 Å². The van der Waals surface area contributed by atoms with Crippen LogP contribution in [-0.2, 0) is 10.7 Å². The second-order valence-corrected chi connectivity index (χ2v) is 5.37. The van der Waals surface area contributed by atoms with E-state index in [0.717, 1.165) is 5.56 Å². The van der Waals surface area contributed by atoms with Crippen molar-refractivity contribution in [3.63, 3.8) is 0 Å². The molecule has 0 atom stereocenters. The predicted molar refractivity (Wildman–Crippen MR) is 74.1 cm³/mol. The lowest BCUT2D eigenvalue weighted by Crippen LogP contribution is -2.63. The van der Waals surface area contributed by atoms with Gasteiger partial charge < -0.3 is 10.2 Å². The summed E-state index contributed by atoms with van der Waals surface area (Å²) in [6.45, 7) is 4.52. The van der Waals surface area contributed by atoms with Crippen molar-refractivity contribution in [1.29, 1.82) is 0 Å². The van der Waals surface area contributed by atoms with Gasteiger partial charge in [-0.2, -0.15) is 0 Å². The first-order chi connectivity index (χ1) is 8.96. The van der Waals surface area contributed by atoms with Crippen molar-refractivity contribution in [2.45, 2.75) is 25.3 Å². The molecule has 0 spiro atoms. The lowest BCUT2D eigenvalue weighted by Gasteiger charge is -2.41. The first-order valence-electron chi connectivity index (χ1n) is 6.22. The monoisotopic (exact) mass is 280 g/mol. The molecule has 1 aromatic carbocycles. The van der Waals surface area contributed by atoms with Crippen LogP contribution < -0.4 is 5.32 Å². The van der Waals surface area contributed by atoms with Crippen LogP contribution in [0.5, 0.6) is 0 Å². The summed E-state index contributed by atoms with van der Waals surface area (Å²) in [5.74, 6) is 0.109. The third kappa shape index (κ3) is 2.59. The van der Waals surface area contributed by atoms with Crippen LogP contribution in [0.2, 0.25) is 0 Å². The number of rotatable bonds is 2. The molecule has 0 bridgehead atoms. The van der Waals surface area contributed by atoms with Gasteiger partial charge in [-0.1, -0.05) is 12.1 Å². The van der Waals surface area contributed by atoms with Gasteiger partial charge in [0.05, 0.1) is 0 Å². The molecule has 0 unspecified atom stereocenters. The van der Waals surface area contributed by atoms with Crippen molar-refractivity contribution in [2.75, 3.05) is 13.1 Å². The summed E-state index contributed by atoms with van der Waals surface area (Å²) in [6.07, 6.45) is 0. The van der Waals surface area contributed by atoms with Gasteiger partial charge in [0.15, 0.2) is 0 Å². The third-order valence-electron chi connectivity index (χ3n) is 3.42. The molecule has 4 nitrogen and oxygen atoms in total. The second kappa shape index (κ2) is 5.21. The van der Waals surface area contributed by atoms with Crippen LogP contribution in [0.4, 0.5) is 0 Å². The molecule has 1 saturated heterocycles. The van der Waals surface area contributed by atoms with E-state index in [1.165, 1.54) is 0 Å². The summed E-state index contributed by atoms with van der Waals surface area (Å²) in [4.78, 5) is 26.0. The quantitative estimate of drug-likeness (QED) is 0.840. The molecule has 1 fully saturated rings. The number of piperazine rings is 1. The number of carbonyl (C=O) groups excluding carboxylic acids is 2. The summed E-state index contributed by atoms with van der Waals surface area (Å²) in [7, 11) is 0. The fourth-order valence-electron chi connectivity index (χ4n) is 2.20. The molecular formula is C14H17ClN2O2. The minimum Gasteiger partial charge on any atom is -0.352 e. The first kappa shape index (κ1) is 13.9. The maximum Gasteiger partial charge on any atom is 0.254 e. The molecule has 5 heteroatoms. The van der Waals surface area contributed by atoms with E-state index in [0.29, 0.717) is 24.5 Å². The SMILES string of the molecule is CC1(C)C(=O)NCCN1C(=O)c1cccc(CCl)c1. The molecule has 0 aliphatic carbocycles. The Morgan fingerprint density at radius 2 is 2.21 bits per heavy atom. The molecule has 1 aliphatic rings. The zero-order valence-electron chi connectivity index (χ0n) is 11.1. The Kier molecular flexibility index (Phi) is 3.80. The Bertz CT molecular complexity index is 514. The number of benzene rings is 1. The molecule has 1 aromatic rings. The van der Waals surface area contributed by atoms with Crippen molar-refractivity contribution >= 4 is 23.4 Å². The van der Waals surface area contributed by atoms with Gasteiger partial charge in [0.2, 0.25) is 5.91 Å². The van der Waals surface area contributed by atoms with Gasteiger partial charge in [0, 0.05) is 24.5 Å². The van der Waals surface area contributed by atoms with E-state index >= 15 is 0 Å². The van der Waals surface area contributed by atoms with E-state index < -0.39 is 5.54 Å². The van der Waals surface area contributed by atoms with Gasteiger partial charge in [0.25, 0.3) is 5.91 Å². The van der Waals surface area contributed by atoms with Crippen LogP contribution in [0.3, 0.4) is 0 Å². The maximum absolute atomic E-state index is 12.5. The fourth-order valence-corrected chi connectivity index (χ4v) is 2.36. The summed E-state index contributed by atoms with van der Waals surface area (Å²) in [5, 5.41) is 2.78. The number of carbonyl (C=O) groups is 2. The van der Waals surface area contributed by atoms with Crippen molar-refractivity contribution in [2.24, 2.45) is 0 Å². The van der Waals surface area contributed by atoms with Gasteiger partial charge >= 0.3 is 0 Å². The Morgan fingerprint density at radius 1 is 1.47 bits per heavy atom. The second-order valence-electron chi connectivity index (χ2n) is 5.11. The molecule has 0 radical (unpaired) electrons. The molecule has 2 rings (SSSR count). The van der Waals surface area contributed by atoms with Crippen LogP contribution in [0.15, 0.2) is 24.3 Å². The summed E-state index contributed by atoms with van der Waals surface area (Å²) < 4.78 is 0. The Labute approximate surface area is 117 Å². The van der Waals surface area contributed by atoms with Gasteiger partial charge in [0.1, 0.15) is 5.54 Å². The zero-order chi connectivity index (χ0) is 14.0. The Morgan fingerprint density at radius 3 is 2.89 bits per heavy atom. The van der Waals surface area contributed by atoms with E-state index in [1.807, 2.05) is 12.1 Å². The number of alkyl halides is 1. The van der Waals surface area contributed by atoms with Crippen LogP contribution in [-0.4, -0.2) is 35.3 Å². The number of amides is 2. The first-order valence-corrected chi connectivity index (χ1v) is 6.75. The van der Waals surface area contributed by atoms with Crippen molar-refractivity contribution in [1.82, 2.24) is 10.2 Å². The highest BCUT2D eigenvalue weighted by molar-refractivity contribution is 6.17. The van der Waals surface area contributed by atoms with E-state index in [4.69, 9.17) is 11.6 Å². The molecule has 1 aliphatic heterocycles. The van der Waals surface area contributed by atoms with Crippen molar-refractivity contribution in [3.05, 3.63) is 35.4 Å². The van der Waals surface area contributed by atoms with Crippen LogP contribution in [0.1, 0.15) is 29.8 Å². The Balaban J connectivity index is 2.30. The normalized spacial score (nSPS) is 18.1. The molecular weight excluding hydrogens is 264 g/mol. The molecule has 1 heterocycles. The zero-order valence-corrected chi connectivity index (χ0v) is 11.8. The number of halogens is 1. The highest BCUT2D eigenvalue weighted by Crippen LogP contribution is 2.21. The molecule has 1 N–H and O–H groups in total. The average molecular weight is 281 g/mol. The number of nitrogens with zero attached hydrogens (tertiary/aromatic N) is 1. The summed E-state index contributed by atoms with van der Waals surface area (Å²) >= 11 is 5.78. The van der Waals surface area contributed by atoms with E-state index in [9.17, 15) is 9.59 Å². The van der Waals surface area contributed by atoms with Gasteiger partial charge in [-0.05, 0) is 31.5 Å². The van der Waals surface area contributed by atoms with Crippen molar-refractivity contribution in [3.8, 4) is 0 Å². The summed E-state index contributed by atoms with van der Waals surface area (Å²) in [6, 6.07) is 7.21. The minimum atomic E-state index is -0.827. The number of hydrogen-bond donors (Lipinski definition) is 1. The number of hydrogen-bond acceptors (Lipinski definition) is 2. The fraction of sp³-hybridized carbons (Fsp3) is 0.429. The highest BCUT2D eigenvalue weighted by atomic mass is 35.5. The van der Waals surface area contributed by atoms with Crippen molar-refractivity contribution < 1.29 is 9.59 Å². The van der Waals surface area contributed by atoms with E-state index in [-0.39, 0.29) is 11.8 Å². The Hall–Kier alpha value is -1.55. The van der Waals surface area contributed by atoms with Gasteiger partial charge in [-0.25, -0.2) is 0 Å². The molecule has 0 aromatic heterocycles. The number of nitrogens with one attached hydrogen (secondary N) is 1. The molecule has 19 heavy (non-hydrogen) atoms. The summed E-state index contributed by atoms with van der Waals surface area (Å²) in [5.41, 5.74) is 0.638. The van der Waals surface area contributed by atoms with E-state index in [1.54, 1.807) is 30.9 Å². The molecule has 2 amide bonds. The minimum absolute atomic E-state index is 0.124. The average Bonchev–Trinajstić information content (AvgIpc) is 2.41. The standard InChI is InChI=1S/C14H17ClN2O2/c1-14(2)13(19)16-6-7-17(14)12(18)11-5-3-4-10(8-11)9-15/h3-5,8H,6-7,9H2,1-2H3,(H,16,19). The largest absolute Gasteiger partial charge is 0.352 e. The topological polar surface area (TPSA) is 49.4 Å². The van der Waals surface area contributed by atoms with Crippen LogP contribution in [0, 0.1) is 0 Å². The lowest BCUT2D eigenvalue weighted by atomic mass is 9.97. The van der Waals surface area contributed by atoms with Gasteiger partial charge in [-0.15, -0.1) is 11.6 Å². The predicted octanol–water partition coefficient (Wildman–Crippen LogP) is 1.78. The molecule has 102 valence electrons. The van der Waals surface area contributed by atoms with E-state index in [2.05, 4.69) is 5.32 Å². The van der Waals surface area contributed by atoms with Gasteiger partial charge in [-0.3, -0.25) is 9.59 Å².